The van der Waals surface area contributed by atoms with E-state index in [9.17, 15) is 10.1 Å². The third-order valence-corrected chi connectivity index (χ3v) is 3.04. The molecule has 9 heteroatoms. The molecule has 0 unspecified atom stereocenters. The second-order valence-corrected chi connectivity index (χ2v) is 4.68. The number of aryl methyl sites for hydroxylation is 2. The van der Waals surface area contributed by atoms with Crippen LogP contribution in [-0.2, 0) is 0 Å². The quantitative estimate of drug-likeness (QED) is 0.388. The summed E-state index contributed by atoms with van der Waals surface area (Å²) in [6.07, 6.45) is 3.25. The predicted octanol–water partition coefficient (Wildman–Crippen LogP) is 1.53. The first-order chi connectivity index (χ1) is 8.97. The van der Waals surface area contributed by atoms with E-state index in [-0.39, 0.29) is 22.4 Å². The van der Waals surface area contributed by atoms with Crippen LogP contribution in [0.25, 0.3) is 0 Å². The lowest BCUT2D eigenvalue weighted by atomic mass is 10.4. The van der Waals surface area contributed by atoms with Gasteiger partial charge in [-0.2, -0.15) is 4.98 Å². The minimum atomic E-state index is -0.536. The number of nitrogens with zero attached hydrogens (tertiary/aromatic N) is 5. The Hall–Kier alpha value is -2.29. The van der Waals surface area contributed by atoms with Crippen molar-refractivity contribution in [3.63, 3.8) is 0 Å². The largest absolute Gasteiger partial charge is 0.368 e. The zero-order valence-corrected chi connectivity index (χ0v) is 11.0. The molecule has 0 bridgehead atoms. The first-order valence-corrected chi connectivity index (χ1v) is 6.04. The van der Waals surface area contributed by atoms with Gasteiger partial charge in [-0.1, -0.05) is 0 Å². The van der Waals surface area contributed by atoms with E-state index in [1.54, 1.807) is 12.4 Å². The number of anilines is 1. The fourth-order valence-electron chi connectivity index (χ4n) is 1.36. The molecule has 0 saturated heterocycles. The van der Waals surface area contributed by atoms with Crippen molar-refractivity contribution in [3.05, 3.63) is 33.8 Å². The molecule has 0 amide bonds. The van der Waals surface area contributed by atoms with Crippen LogP contribution >= 0.6 is 11.8 Å². The minimum absolute atomic E-state index is 0.0160. The monoisotopic (exact) mass is 278 g/mol. The van der Waals surface area contributed by atoms with Gasteiger partial charge in [0.15, 0.2) is 10.2 Å². The van der Waals surface area contributed by atoms with E-state index in [0.29, 0.717) is 5.16 Å². The smallest absolute Gasteiger partial charge is 0.322 e. The van der Waals surface area contributed by atoms with Crippen LogP contribution < -0.4 is 5.73 Å². The standard InChI is InChI=1S/C10H10N6O2S/c1-5-3-12-10(13-4-5)19-8-7(16(17)18)6(2)14-9(11)15-8/h3-4H,1-2H3,(H2,11,14,15). The molecular formula is C10H10N6O2S. The number of nitro groups is 1. The summed E-state index contributed by atoms with van der Waals surface area (Å²) in [6.45, 7) is 3.36. The van der Waals surface area contributed by atoms with Crippen LogP contribution in [0.3, 0.4) is 0 Å². The molecule has 0 aliphatic heterocycles. The van der Waals surface area contributed by atoms with Gasteiger partial charge in [-0.05, 0) is 31.2 Å². The average molecular weight is 278 g/mol. The minimum Gasteiger partial charge on any atom is -0.368 e. The number of rotatable bonds is 3. The van der Waals surface area contributed by atoms with Gasteiger partial charge >= 0.3 is 5.69 Å². The van der Waals surface area contributed by atoms with Crippen molar-refractivity contribution in [1.29, 1.82) is 0 Å². The maximum absolute atomic E-state index is 11.0. The van der Waals surface area contributed by atoms with Gasteiger partial charge < -0.3 is 5.73 Å². The van der Waals surface area contributed by atoms with Crippen molar-refractivity contribution >= 4 is 23.4 Å². The topological polar surface area (TPSA) is 121 Å². The first-order valence-electron chi connectivity index (χ1n) is 5.22. The van der Waals surface area contributed by atoms with Crippen LogP contribution in [0.2, 0.25) is 0 Å². The lowest BCUT2D eigenvalue weighted by Crippen LogP contribution is -2.04. The Labute approximate surface area is 112 Å². The Morgan fingerprint density at radius 2 is 1.89 bits per heavy atom. The summed E-state index contributed by atoms with van der Waals surface area (Å²) < 4.78 is 0. The molecule has 2 aromatic heterocycles. The summed E-state index contributed by atoms with van der Waals surface area (Å²) in [5, 5.41) is 11.5. The number of hydrogen-bond donors (Lipinski definition) is 1. The van der Waals surface area contributed by atoms with E-state index in [0.717, 1.165) is 17.3 Å². The Bertz CT molecular complexity index is 631. The molecule has 0 fully saturated rings. The molecule has 19 heavy (non-hydrogen) atoms. The molecular weight excluding hydrogens is 268 g/mol. The maximum Gasteiger partial charge on any atom is 0.322 e. The molecule has 2 aromatic rings. The number of hydrogen-bond acceptors (Lipinski definition) is 8. The van der Waals surface area contributed by atoms with Gasteiger partial charge in [0.2, 0.25) is 5.95 Å². The summed E-state index contributed by atoms with van der Waals surface area (Å²) in [5.41, 5.74) is 6.44. The van der Waals surface area contributed by atoms with Gasteiger partial charge in [0.1, 0.15) is 5.69 Å². The Balaban J connectivity index is 2.44. The second-order valence-electron chi connectivity index (χ2n) is 3.72. The van der Waals surface area contributed by atoms with Crippen molar-refractivity contribution in [3.8, 4) is 0 Å². The van der Waals surface area contributed by atoms with Crippen LogP contribution in [0.1, 0.15) is 11.3 Å². The number of nitrogens with two attached hydrogens (primary N) is 1. The molecule has 2 N–H and O–H groups in total. The van der Waals surface area contributed by atoms with E-state index in [4.69, 9.17) is 5.73 Å². The van der Waals surface area contributed by atoms with Crippen LogP contribution in [0, 0.1) is 24.0 Å². The summed E-state index contributed by atoms with van der Waals surface area (Å²) in [4.78, 5) is 26.3. The highest BCUT2D eigenvalue weighted by molar-refractivity contribution is 7.99. The van der Waals surface area contributed by atoms with Gasteiger partial charge in [0.05, 0.1) is 4.92 Å². The van der Waals surface area contributed by atoms with Gasteiger partial charge in [-0.25, -0.2) is 15.0 Å². The highest BCUT2D eigenvalue weighted by Crippen LogP contribution is 2.33. The zero-order valence-electron chi connectivity index (χ0n) is 10.2. The van der Waals surface area contributed by atoms with Crippen LogP contribution in [-0.4, -0.2) is 24.9 Å². The van der Waals surface area contributed by atoms with Gasteiger partial charge in [0.25, 0.3) is 0 Å². The van der Waals surface area contributed by atoms with E-state index < -0.39 is 4.92 Å². The second kappa shape index (κ2) is 5.14. The van der Waals surface area contributed by atoms with Crippen molar-refractivity contribution in [2.45, 2.75) is 24.0 Å². The van der Waals surface area contributed by atoms with Crippen molar-refractivity contribution in [1.82, 2.24) is 19.9 Å². The van der Waals surface area contributed by atoms with E-state index in [1.165, 1.54) is 6.92 Å². The van der Waals surface area contributed by atoms with Crippen molar-refractivity contribution in [2.24, 2.45) is 0 Å². The molecule has 8 nitrogen and oxygen atoms in total. The molecule has 98 valence electrons. The SMILES string of the molecule is Cc1cnc(Sc2nc(N)nc(C)c2[N+](=O)[O-])nc1. The molecule has 0 radical (unpaired) electrons. The van der Waals surface area contributed by atoms with Gasteiger partial charge in [0, 0.05) is 12.4 Å². The number of nitrogen functional groups attached to an aromatic ring is 1. The Morgan fingerprint density at radius 3 is 2.47 bits per heavy atom. The molecule has 0 aliphatic carbocycles. The van der Waals surface area contributed by atoms with Crippen LogP contribution in [0.15, 0.2) is 22.6 Å². The third-order valence-electron chi connectivity index (χ3n) is 2.17. The zero-order chi connectivity index (χ0) is 14.0. The molecule has 0 aromatic carbocycles. The molecule has 2 heterocycles. The normalized spacial score (nSPS) is 10.4. The molecule has 2 rings (SSSR count). The highest BCUT2D eigenvalue weighted by atomic mass is 32.2. The summed E-state index contributed by atoms with van der Waals surface area (Å²) in [5.74, 6) is -0.0160. The molecule has 0 saturated carbocycles. The van der Waals surface area contributed by atoms with E-state index in [1.807, 2.05) is 6.92 Å². The fourth-order valence-corrected chi connectivity index (χ4v) is 2.20. The van der Waals surface area contributed by atoms with Gasteiger partial charge in [-0.15, -0.1) is 0 Å². The predicted molar refractivity (Wildman–Crippen MR) is 68.7 cm³/mol. The Morgan fingerprint density at radius 1 is 1.26 bits per heavy atom. The Kier molecular flexibility index (Phi) is 3.56. The van der Waals surface area contributed by atoms with Crippen LogP contribution in [0.5, 0.6) is 0 Å². The first kappa shape index (κ1) is 13.1. The summed E-state index contributed by atoms with van der Waals surface area (Å²) >= 11 is 0.985. The van der Waals surface area contributed by atoms with Crippen LogP contribution in [0.4, 0.5) is 11.6 Å². The third kappa shape index (κ3) is 2.94. The van der Waals surface area contributed by atoms with Crippen molar-refractivity contribution < 1.29 is 4.92 Å². The summed E-state index contributed by atoms with van der Waals surface area (Å²) in [6, 6.07) is 0. The molecule has 0 aliphatic rings. The summed E-state index contributed by atoms with van der Waals surface area (Å²) in [7, 11) is 0. The highest BCUT2D eigenvalue weighted by Gasteiger charge is 2.23. The lowest BCUT2D eigenvalue weighted by Gasteiger charge is -2.04. The molecule has 0 atom stereocenters. The lowest BCUT2D eigenvalue weighted by molar-refractivity contribution is -0.389. The van der Waals surface area contributed by atoms with E-state index >= 15 is 0 Å². The average Bonchev–Trinajstić information content (AvgIpc) is 2.30. The fraction of sp³-hybridized carbons (Fsp3) is 0.200. The number of aromatic nitrogens is 4. The maximum atomic E-state index is 11.0. The molecule has 0 spiro atoms. The van der Waals surface area contributed by atoms with E-state index in [2.05, 4.69) is 19.9 Å². The van der Waals surface area contributed by atoms with Crippen molar-refractivity contribution in [2.75, 3.05) is 5.73 Å². The van der Waals surface area contributed by atoms with Gasteiger partial charge in [-0.3, -0.25) is 10.1 Å².